The third-order valence-electron chi connectivity index (χ3n) is 4.59. The van der Waals surface area contributed by atoms with Crippen LogP contribution in [0.25, 0.3) is 0 Å². The molecular weight excluding hydrogens is 350 g/mol. The predicted molar refractivity (Wildman–Crippen MR) is 89.8 cm³/mol. The highest BCUT2D eigenvalue weighted by Gasteiger charge is 2.34. The zero-order valence-corrected chi connectivity index (χ0v) is 14.5. The lowest BCUT2D eigenvalue weighted by molar-refractivity contribution is 0.0699. The second-order valence-electron chi connectivity index (χ2n) is 6.32. The van der Waals surface area contributed by atoms with Crippen LogP contribution in [0.5, 0.6) is 0 Å². The summed E-state index contributed by atoms with van der Waals surface area (Å²) in [6.45, 7) is 0.928. The fraction of sp³-hybridized carbons (Fsp3) is 0.588. The van der Waals surface area contributed by atoms with Crippen LogP contribution < -0.4 is 0 Å². The maximum Gasteiger partial charge on any atom is 0.254 e. The van der Waals surface area contributed by atoms with Crippen LogP contribution in [-0.2, 0) is 0 Å². The van der Waals surface area contributed by atoms with E-state index in [2.05, 4.69) is 20.8 Å². The smallest absolute Gasteiger partial charge is 0.254 e. The molecule has 2 aliphatic carbocycles. The Bertz CT molecular complexity index is 524. The summed E-state index contributed by atoms with van der Waals surface area (Å²) in [5, 5.41) is 0.606. The molecule has 3 rings (SSSR count). The van der Waals surface area contributed by atoms with Crippen LogP contribution in [-0.4, -0.2) is 23.4 Å². The summed E-state index contributed by atoms with van der Waals surface area (Å²) in [6, 6.07) is 5.97. The summed E-state index contributed by atoms with van der Waals surface area (Å²) in [7, 11) is 0. The first-order chi connectivity index (χ1) is 10.1. The van der Waals surface area contributed by atoms with Gasteiger partial charge in [0.05, 0.1) is 5.02 Å². The zero-order valence-electron chi connectivity index (χ0n) is 12.2. The quantitative estimate of drug-likeness (QED) is 0.705. The van der Waals surface area contributed by atoms with Gasteiger partial charge in [0.15, 0.2) is 0 Å². The molecule has 1 amide bonds. The van der Waals surface area contributed by atoms with Gasteiger partial charge < -0.3 is 4.90 Å². The Balaban J connectivity index is 1.73. The fourth-order valence-corrected chi connectivity index (χ4v) is 3.65. The molecule has 114 valence electrons. The van der Waals surface area contributed by atoms with Crippen molar-refractivity contribution < 1.29 is 4.79 Å². The summed E-state index contributed by atoms with van der Waals surface area (Å²) < 4.78 is 0.839. The minimum atomic E-state index is 0.150. The van der Waals surface area contributed by atoms with Gasteiger partial charge in [-0.05, 0) is 65.7 Å². The van der Waals surface area contributed by atoms with E-state index in [0.717, 1.165) is 23.9 Å². The molecule has 0 radical (unpaired) electrons. The van der Waals surface area contributed by atoms with Crippen molar-refractivity contribution in [2.45, 2.75) is 51.0 Å². The lowest BCUT2D eigenvalue weighted by atomic mass is 9.89. The highest BCUT2D eigenvalue weighted by atomic mass is 79.9. The first-order valence-corrected chi connectivity index (χ1v) is 9.08. The number of halogens is 2. The molecule has 2 saturated carbocycles. The molecule has 0 heterocycles. The molecule has 2 nitrogen and oxygen atoms in total. The first kappa shape index (κ1) is 15.4. The van der Waals surface area contributed by atoms with E-state index in [1.165, 1.54) is 32.1 Å². The third kappa shape index (κ3) is 3.81. The van der Waals surface area contributed by atoms with Crippen LogP contribution in [0, 0.1) is 5.92 Å². The van der Waals surface area contributed by atoms with Gasteiger partial charge in [-0.1, -0.05) is 30.9 Å². The number of rotatable bonds is 4. The number of hydrogen-bond donors (Lipinski definition) is 0. The van der Waals surface area contributed by atoms with Crippen LogP contribution >= 0.6 is 27.5 Å². The average molecular weight is 371 g/mol. The van der Waals surface area contributed by atoms with Crippen LogP contribution in [0.15, 0.2) is 22.7 Å². The SMILES string of the molecule is O=C(c1ccc(Br)c(Cl)c1)N(CC1CCCCC1)C1CC1. The van der Waals surface area contributed by atoms with Crippen molar-refractivity contribution in [1.82, 2.24) is 4.90 Å². The number of amides is 1. The van der Waals surface area contributed by atoms with Gasteiger partial charge in [-0.3, -0.25) is 4.79 Å². The van der Waals surface area contributed by atoms with Gasteiger partial charge in [0.1, 0.15) is 0 Å². The van der Waals surface area contributed by atoms with Crippen molar-refractivity contribution in [2.75, 3.05) is 6.54 Å². The summed E-state index contributed by atoms with van der Waals surface area (Å²) >= 11 is 9.51. The second kappa shape index (κ2) is 6.70. The van der Waals surface area contributed by atoms with E-state index < -0.39 is 0 Å². The molecule has 2 fully saturated rings. The normalized spacial score (nSPS) is 19.5. The van der Waals surface area contributed by atoms with Crippen molar-refractivity contribution in [3.05, 3.63) is 33.3 Å². The molecule has 1 aromatic carbocycles. The summed E-state index contributed by atoms with van der Waals surface area (Å²) in [5.41, 5.74) is 0.714. The molecule has 0 N–H and O–H groups in total. The Hall–Kier alpha value is -0.540. The van der Waals surface area contributed by atoms with E-state index in [1.54, 1.807) is 6.07 Å². The Morgan fingerprint density at radius 1 is 1.19 bits per heavy atom. The Morgan fingerprint density at radius 2 is 1.90 bits per heavy atom. The number of nitrogens with zero attached hydrogens (tertiary/aromatic N) is 1. The highest BCUT2D eigenvalue weighted by molar-refractivity contribution is 9.10. The predicted octanol–water partition coefficient (Wildman–Crippen LogP) is 5.29. The Kier molecular flexibility index (Phi) is 4.90. The van der Waals surface area contributed by atoms with E-state index in [9.17, 15) is 4.79 Å². The molecule has 0 atom stereocenters. The first-order valence-electron chi connectivity index (χ1n) is 7.91. The number of carbonyl (C=O) groups is 1. The molecule has 21 heavy (non-hydrogen) atoms. The molecule has 0 saturated heterocycles. The summed E-state index contributed by atoms with van der Waals surface area (Å²) in [5.74, 6) is 0.840. The van der Waals surface area contributed by atoms with Crippen molar-refractivity contribution in [1.29, 1.82) is 0 Å². The molecular formula is C17H21BrClNO. The topological polar surface area (TPSA) is 20.3 Å². The van der Waals surface area contributed by atoms with E-state index >= 15 is 0 Å². The van der Waals surface area contributed by atoms with Gasteiger partial charge >= 0.3 is 0 Å². The number of carbonyl (C=O) groups excluding carboxylic acids is 1. The maximum absolute atomic E-state index is 12.8. The van der Waals surface area contributed by atoms with Gasteiger partial charge in [0.2, 0.25) is 0 Å². The van der Waals surface area contributed by atoms with Crippen LogP contribution in [0.3, 0.4) is 0 Å². The molecule has 0 bridgehead atoms. The van der Waals surface area contributed by atoms with Crippen LogP contribution in [0.4, 0.5) is 0 Å². The van der Waals surface area contributed by atoms with Gasteiger partial charge in [0.25, 0.3) is 5.91 Å². The Labute approximate surface area is 140 Å². The van der Waals surface area contributed by atoms with E-state index in [0.29, 0.717) is 22.5 Å². The fourth-order valence-electron chi connectivity index (χ4n) is 3.23. The van der Waals surface area contributed by atoms with Gasteiger partial charge in [-0.15, -0.1) is 0 Å². The molecule has 0 unspecified atom stereocenters. The number of hydrogen-bond acceptors (Lipinski definition) is 1. The summed E-state index contributed by atoms with van der Waals surface area (Å²) in [6.07, 6.45) is 8.86. The lowest BCUT2D eigenvalue weighted by Gasteiger charge is -2.30. The van der Waals surface area contributed by atoms with Crippen LogP contribution in [0.1, 0.15) is 55.3 Å². The minimum Gasteiger partial charge on any atom is -0.335 e. The van der Waals surface area contributed by atoms with E-state index in [-0.39, 0.29) is 5.91 Å². The summed E-state index contributed by atoms with van der Waals surface area (Å²) in [4.78, 5) is 14.9. The molecule has 0 aliphatic heterocycles. The highest BCUT2D eigenvalue weighted by Crippen LogP contribution is 2.33. The van der Waals surface area contributed by atoms with Crippen molar-refractivity contribution in [3.8, 4) is 0 Å². The van der Waals surface area contributed by atoms with Gasteiger partial charge in [-0.2, -0.15) is 0 Å². The maximum atomic E-state index is 12.8. The van der Waals surface area contributed by atoms with Crippen LogP contribution in [0.2, 0.25) is 5.02 Å². The molecule has 4 heteroatoms. The largest absolute Gasteiger partial charge is 0.335 e. The molecule has 1 aromatic rings. The zero-order chi connectivity index (χ0) is 14.8. The van der Waals surface area contributed by atoms with Crippen molar-refractivity contribution >= 4 is 33.4 Å². The molecule has 0 aromatic heterocycles. The lowest BCUT2D eigenvalue weighted by Crippen LogP contribution is -2.37. The molecule has 0 spiro atoms. The van der Waals surface area contributed by atoms with Crippen molar-refractivity contribution in [3.63, 3.8) is 0 Å². The number of benzene rings is 1. The average Bonchev–Trinajstić information content (AvgIpc) is 3.33. The monoisotopic (exact) mass is 369 g/mol. The second-order valence-corrected chi connectivity index (χ2v) is 7.58. The van der Waals surface area contributed by atoms with Gasteiger partial charge in [0, 0.05) is 22.6 Å². The van der Waals surface area contributed by atoms with E-state index in [4.69, 9.17) is 11.6 Å². The molecule has 2 aliphatic rings. The van der Waals surface area contributed by atoms with E-state index in [1.807, 2.05) is 12.1 Å². The minimum absolute atomic E-state index is 0.150. The van der Waals surface area contributed by atoms with Gasteiger partial charge in [-0.25, -0.2) is 0 Å². The standard InChI is InChI=1S/C17H21BrClNO/c18-15-9-6-13(10-16(15)19)17(21)20(14-7-8-14)11-12-4-2-1-3-5-12/h6,9-10,12,14H,1-5,7-8,11H2. The Morgan fingerprint density at radius 3 is 2.52 bits per heavy atom. The third-order valence-corrected chi connectivity index (χ3v) is 5.83. The van der Waals surface area contributed by atoms with Crippen molar-refractivity contribution in [2.24, 2.45) is 5.92 Å².